The molecule has 4 heterocycles. The highest BCUT2D eigenvalue weighted by atomic mass is 16.2. The molecule has 0 radical (unpaired) electrons. The van der Waals surface area contributed by atoms with Crippen LogP contribution in [0.5, 0.6) is 0 Å². The predicted molar refractivity (Wildman–Crippen MR) is 100 cm³/mol. The van der Waals surface area contributed by atoms with Gasteiger partial charge in [0.15, 0.2) is 0 Å². The van der Waals surface area contributed by atoms with Crippen molar-refractivity contribution < 1.29 is 4.79 Å². The Labute approximate surface area is 152 Å². The summed E-state index contributed by atoms with van der Waals surface area (Å²) in [6.07, 6.45) is 5.89. The Kier molecular flexibility index (Phi) is 5.35. The van der Waals surface area contributed by atoms with Crippen LogP contribution in [0.1, 0.15) is 39.0 Å². The molecule has 7 atom stereocenters. The number of carbonyl (C=O) groups excluding carboxylic acids is 1. The second-order valence-electron chi connectivity index (χ2n) is 9.30. The van der Waals surface area contributed by atoms with Gasteiger partial charge in [0.25, 0.3) is 0 Å². The van der Waals surface area contributed by atoms with E-state index in [1.807, 2.05) is 7.05 Å². The van der Waals surface area contributed by atoms with Crippen LogP contribution < -0.4 is 10.6 Å². The van der Waals surface area contributed by atoms with Gasteiger partial charge in [-0.1, -0.05) is 6.92 Å². The van der Waals surface area contributed by atoms with Crippen molar-refractivity contribution in [3.8, 4) is 0 Å². The lowest BCUT2D eigenvalue weighted by Gasteiger charge is -2.45. The average molecular weight is 349 g/mol. The van der Waals surface area contributed by atoms with Crippen LogP contribution in [0.2, 0.25) is 0 Å². The fourth-order valence-electron chi connectivity index (χ4n) is 6.02. The highest BCUT2D eigenvalue weighted by Crippen LogP contribution is 2.32. The van der Waals surface area contributed by atoms with Crippen LogP contribution in [-0.2, 0) is 4.79 Å². The van der Waals surface area contributed by atoms with Gasteiger partial charge in [-0.05, 0) is 69.5 Å². The molecule has 25 heavy (non-hydrogen) atoms. The van der Waals surface area contributed by atoms with E-state index in [-0.39, 0.29) is 5.92 Å². The van der Waals surface area contributed by atoms with Gasteiger partial charge in [0.1, 0.15) is 0 Å². The Morgan fingerprint density at radius 2 is 1.92 bits per heavy atom. The summed E-state index contributed by atoms with van der Waals surface area (Å²) in [6.45, 7) is 9.02. The first kappa shape index (κ1) is 17.7. The van der Waals surface area contributed by atoms with Gasteiger partial charge in [0.2, 0.25) is 5.91 Å². The highest BCUT2D eigenvalue weighted by molar-refractivity contribution is 5.78. The van der Waals surface area contributed by atoms with Crippen LogP contribution in [0, 0.1) is 23.7 Å². The monoisotopic (exact) mass is 348 g/mol. The number of amides is 1. The lowest BCUT2D eigenvalue weighted by atomic mass is 9.80. The van der Waals surface area contributed by atoms with E-state index in [0.717, 1.165) is 44.9 Å². The van der Waals surface area contributed by atoms with E-state index < -0.39 is 0 Å². The molecule has 4 aliphatic rings. The molecule has 2 N–H and O–H groups in total. The topological polar surface area (TPSA) is 47.6 Å². The van der Waals surface area contributed by atoms with Crippen molar-refractivity contribution in [3.05, 3.63) is 0 Å². The third-order valence-corrected chi connectivity index (χ3v) is 7.19. The van der Waals surface area contributed by atoms with Crippen molar-refractivity contribution in [2.75, 3.05) is 46.3 Å². The molecule has 7 unspecified atom stereocenters. The third kappa shape index (κ3) is 3.88. The molecule has 142 valence electrons. The van der Waals surface area contributed by atoms with Gasteiger partial charge in [-0.25, -0.2) is 0 Å². The Hall–Kier alpha value is -0.650. The highest BCUT2D eigenvalue weighted by Gasteiger charge is 2.39. The summed E-state index contributed by atoms with van der Waals surface area (Å²) >= 11 is 0. The maximum absolute atomic E-state index is 13.0. The number of nitrogens with one attached hydrogen (secondary N) is 2. The lowest BCUT2D eigenvalue weighted by Crippen LogP contribution is -2.54. The molecule has 5 nitrogen and oxygen atoms in total. The molecule has 0 saturated carbocycles. The van der Waals surface area contributed by atoms with Crippen LogP contribution in [0.3, 0.4) is 0 Å². The number of fused-ring (bicyclic) bond motifs is 8. The van der Waals surface area contributed by atoms with Crippen molar-refractivity contribution >= 4 is 5.91 Å². The molecule has 4 fully saturated rings. The molecule has 6 bridgehead atoms. The second kappa shape index (κ2) is 7.53. The van der Waals surface area contributed by atoms with Gasteiger partial charge in [-0.3, -0.25) is 9.69 Å². The van der Waals surface area contributed by atoms with Crippen molar-refractivity contribution in [3.63, 3.8) is 0 Å². The molecule has 0 aromatic heterocycles. The molecule has 0 aromatic carbocycles. The predicted octanol–water partition coefficient (Wildman–Crippen LogP) is 1.15. The summed E-state index contributed by atoms with van der Waals surface area (Å²) < 4.78 is 0. The standard InChI is InChI=1S/C20H36N4O/c1-14-7-15-12-23(2)20(25)16-3-6-22-19(9-16)17-8-18(4-5-21-10-17)24(11-14)13-15/h14-19,21-22H,3-13H2,1-2H3. The summed E-state index contributed by atoms with van der Waals surface area (Å²) in [5.41, 5.74) is 0. The quantitative estimate of drug-likeness (QED) is 0.690. The number of carbonyl (C=O) groups is 1. The zero-order valence-electron chi connectivity index (χ0n) is 16.0. The lowest BCUT2D eigenvalue weighted by molar-refractivity contribution is -0.136. The van der Waals surface area contributed by atoms with E-state index in [4.69, 9.17) is 0 Å². The molecule has 5 heteroatoms. The van der Waals surface area contributed by atoms with Crippen LogP contribution in [-0.4, -0.2) is 74.1 Å². The summed E-state index contributed by atoms with van der Waals surface area (Å²) in [4.78, 5) is 17.9. The van der Waals surface area contributed by atoms with Crippen molar-refractivity contribution in [2.24, 2.45) is 23.7 Å². The smallest absolute Gasteiger partial charge is 0.225 e. The van der Waals surface area contributed by atoms with E-state index in [2.05, 4.69) is 27.4 Å². The maximum Gasteiger partial charge on any atom is 0.225 e. The molecule has 0 spiro atoms. The van der Waals surface area contributed by atoms with Crippen LogP contribution in [0.25, 0.3) is 0 Å². The molecule has 1 amide bonds. The van der Waals surface area contributed by atoms with Gasteiger partial charge in [0, 0.05) is 44.7 Å². The Morgan fingerprint density at radius 3 is 2.80 bits per heavy atom. The minimum absolute atomic E-state index is 0.231. The average Bonchev–Trinajstić information content (AvgIpc) is 2.86. The fourth-order valence-corrected chi connectivity index (χ4v) is 6.02. The molecular formula is C20H36N4O. The van der Waals surface area contributed by atoms with Crippen molar-refractivity contribution in [1.82, 2.24) is 20.4 Å². The van der Waals surface area contributed by atoms with E-state index >= 15 is 0 Å². The number of piperidine rings is 2. The number of rotatable bonds is 0. The number of hydrogen-bond donors (Lipinski definition) is 2. The largest absolute Gasteiger partial charge is 0.345 e. The molecule has 4 aliphatic heterocycles. The molecule has 0 aromatic rings. The summed E-state index contributed by atoms with van der Waals surface area (Å²) in [6, 6.07) is 1.22. The Morgan fingerprint density at radius 1 is 1.04 bits per heavy atom. The van der Waals surface area contributed by atoms with E-state index in [1.165, 1.54) is 32.4 Å². The van der Waals surface area contributed by atoms with Crippen LogP contribution in [0.15, 0.2) is 0 Å². The zero-order valence-corrected chi connectivity index (χ0v) is 16.0. The van der Waals surface area contributed by atoms with E-state index in [0.29, 0.717) is 29.8 Å². The summed E-state index contributed by atoms with van der Waals surface area (Å²) in [5, 5.41) is 7.45. The molecular weight excluding hydrogens is 312 g/mol. The van der Waals surface area contributed by atoms with Crippen LogP contribution >= 0.6 is 0 Å². The first-order chi connectivity index (χ1) is 12.1. The normalized spacial score (nSPS) is 45.9. The molecule has 4 rings (SSSR count). The minimum Gasteiger partial charge on any atom is -0.345 e. The Bertz CT molecular complexity index is 484. The SMILES string of the molecule is CC1CC2CN(C)C(=O)C3CCNC(C3)C3CNCCC(C3)N(C1)C2. The zero-order chi connectivity index (χ0) is 17.4. The first-order valence-electron chi connectivity index (χ1n) is 10.5. The van der Waals surface area contributed by atoms with Crippen molar-refractivity contribution in [1.29, 1.82) is 0 Å². The number of nitrogens with zero attached hydrogens (tertiary/aromatic N) is 2. The van der Waals surface area contributed by atoms with E-state index in [9.17, 15) is 4.79 Å². The van der Waals surface area contributed by atoms with Crippen LogP contribution in [0.4, 0.5) is 0 Å². The van der Waals surface area contributed by atoms with Crippen molar-refractivity contribution in [2.45, 2.75) is 51.1 Å². The minimum atomic E-state index is 0.231. The molecule has 0 aliphatic carbocycles. The van der Waals surface area contributed by atoms with Gasteiger partial charge < -0.3 is 15.5 Å². The third-order valence-electron chi connectivity index (χ3n) is 7.19. The van der Waals surface area contributed by atoms with Gasteiger partial charge >= 0.3 is 0 Å². The summed E-state index contributed by atoms with van der Waals surface area (Å²) in [7, 11) is 2.05. The summed E-state index contributed by atoms with van der Waals surface area (Å²) in [5.74, 6) is 2.68. The fraction of sp³-hybridized carbons (Fsp3) is 0.950. The van der Waals surface area contributed by atoms with E-state index in [1.54, 1.807) is 0 Å². The first-order valence-corrected chi connectivity index (χ1v) is 10.5. The molecule has 4 saturated heterocycles. The Balaban J connectivity index is 1.61. The van der Waals surface area contributed by atoms with Gasteiger partial charge in [0.05, 0.1) is 0 Å². The second-order valence-corrected chi connectivity index (χ2v) is 9.30. The van der Waals surface area contributed by atoms with Gasteiger partial charge in [-0.15, -0.1) is 0 Å². The van der Waals surface area contributed by atoms with Gasteiger partial charge in [-0.2, -0.15) is 0 Å². The maximum atomic E-state index is 13.0. The number of hydrogen-bond acceptors (Lipinski definition) is 4.